The second-order valence-electron chi connectivity index (χ2n) is 4.23. The Bertz CT molecular complexity index is 401. The Hall–Kier alpha value is 1.91. The van der Waals surface area contributed by atoms with Crippen molar-refractivity contribution in [3.05, 3.63) is 0 Å². The van der Waals surface area contributed by atoms with Gasteiger partial charge >= 0.3 is 31.6 Å². The molecule has 0 amide bonds. The number of hydrogen-bond donors (Lipinski definition) is 5. The lowest BCUT2D eigenvalue weighted by Crippen LogP contribution is -2.61. The van der Waals surface area contributed by atoms with Crippen LogP contribution in [0.1, 0.15) is 13.8 Å². The monoisotopic (exact) mass is 506 g/mol. The first-order valence-corrected chi connectivity index (χ1v) is 19.4. The molecular formula is C8H26O9S4Si4. The normalized spacial score (nSPS) is 21.8. The summed E-state index contributed by atoms with van der Waals surface area (Å²) in [6.07, 6.45) is -0.449. The molecule has 0 heterocycles. The third-order valence-electron chi connectivity index (χ3n) is 2.49. The Labute approximate surface area is 173 Å². The summed E-state index contributed by atoms with van der Waals surface area (Å²) >= 11 is 17.3. The predicted molar refractivity (Wildman–Crippen MR) is 114 cm³/mol. The first-order chi connectivity index (χ1) is 11.5. The van der Waals surface area contributed by atoms with Gasteiger partial charge in [-0.25, -0.2) is 0 Å². The second-order valence-corrected chi connectivity index (χ2v) is 20.3. The van der Waals surface area contributed by atoms with Crippen molar-refractivity contribution in [3.8, 4) is 0 Å². The van der Waals surface area contributed by atoms with Crippen LogP contribution >= 0.6 is 48.3 Å². The van der Waals surface area contributed by atoms with Crippen molar-refractivity contribution in [1.82, 2.24) is 0 Å². The topological polar surface area (TPSA) is 94.1 Å². The van der Waals surface area contributed by atoms with Crippen molar-refractivity contribution in [2.24, 2.45) is 0 Å². The van der Waals surface area contributed by atoms with Crippen molar-refractivity contribution in [3.63, 3.8) is 0 Å². The lowest BCUT2D eigenvalue weighted by molar-refractivity contribution is 0.0992. The molecule has 0 aliphatic heterocycles. The van der Waals surface area contributed by atoms with E-state index in [0.717, 1.165) is 0 Å². The van der Waals surface area contributed by atoms with Crippen molar-refractivity contribution in [1.29, 1.82) is 0 Å². The van der Waals surface area contributed by atoms with Crippen LogP contribution in [0.5, 0.6) is 0 Å². The van der Waals surface area contributed by atoms with E-state index >= 15 is 0 Å². The van der Waals surface area contributed by atoms with Crippen molar-refractivity contribution in [2.75, 3.05) is 40.8 Å². The summed E-state index contributed by atoms with van der Waals surface area (Å²) in [7, 11) is -9.96. The fourth-order valence-corrected chi connectivity index (χ4v) is 19.4. The molecule has 0 fully saturated rings. The first-order valence-electron chi connectivity index (χ1n) is 7.03. The Balaban J connectivity index is 5.46. The fraction of sp³-hybridized carbons (Fsp3) is 1.00. The lowest BCUT2D eigenvalue weighted by atomic mass is 10.9. The largest absolute Gasteiger partial charge is 0.563 e. The fourth-order valence-electron chi connectivity index (χ4n) is 1.34. The van der Waals surface area contributed by atoms with E-state index in [1.807, 2.05) is 0 Å². The molecule has 0 aliphatic carbocycles. The summed E-state index contributed by atoms with van der Waals surface area (Å²) in [5, 5.41) is 9.46. The first kappa shape index (κ1) is 26.9. The number of hydrogen-bond acceptors (Lipinski definition) is 13. The van der Waals surface area contributed by atoms with Crippen LogP contribution in [0.3, 0.4) is 0 Å². The molecular weight excluding hydrogens is 481 g/mol. The molecule has 1 N–H and O–H groups in total. The van der Waals surface area contributed by atoms with Crippen LogP contribution in [-0.2, 0) is 34.5 Å². The third kappa shape index (κ3) is 9.30. The number of aliphatic hydroxyl groups is 1. The summed E-state index contributed by atoms with van der Waals surface area (Å²) in [5.41, 5.74) is 0. The van der Waals surface area contributed by atoms with Gasteiger partial charge in [-0.05, 0) is 13.8 Å². The van der Waals surface area contributed by atoms with E-state index in [9.17, 15) is 5.11 Å². The molecule has 4 atom stereocenters. The maximum Gasteiger partial charge on any atom is 0.563 e. The molecule has 25 heavy (non-hydrogen) atoms. The third-order valence-corrected chi connectivity index (χ3v) is 20.1. The Kier molecular flexibility index (Phi) is 12.7. The van der Waals surface area contributed by atoms with Crippen molar-refractivity contribution < 1.29 is 39.6 Å². The molecule has 17 heteroatoms. The van der Waals surface area contributed by atoms with Crippen molar-refractivity contribution >= 4 is 79.9 Å². The zero-order valence-corrected chi connectivity index (χ0v) is 22.2. The standard InChI is InChI=1S/C8H26O9S4Si4/c1-6-13-23(19,11-4)16-24(20,12-5)17-25(21,14-7-2)15-22(18,8-9)10-3/h9,18-21H,6-8H2,1-5H3. The van der Waals surface area contributed by atoms with E-state index in [0.29, 0.717) is 6.61 Å². The number of thiol groups is 4. The van der Waals surface area contributed by atoms with Gasteiger partial charge in [-0.2, -0.15) is 0 Å². The van der Waals surface area contributed by atoms with Gasteiger partial charge in [-0.1, -0.05) is 0 Å². The van der Waals surface area contributed by atoms with Crippen LogP contribution in [0, 0.1) is 0 Å². The van der Waals surface area contributed by atoms with E-state index in [2.05, 4.69) is 48.3 Å². The van der Waals surface area contributed by atoms with E-state index < -0.39 is 37.8 Å². The van der Waals surface area contributed by atoms with Crippen LogP contribution in [0.25, 0.3) is 0 Å². The molecule has 152 valence electrons. The summed E-state index contributed by atoms with van der Waals surface area (Å²) in [6, 6.07) is 0. The lowest BCUT2D eigenvalue weighted by Gasteiger charge is -2.37. The zero-order chi connectivity index (χ0) is 19.8. The highest BCUT2D eigenvalue weighted by Crippen LogP contribution is 2.31. The van der Waals surface area contributed by atoms with Gasteiger partial charge in [0, 0.05) is 34.5 Å². The van der Waals surface area contributed by atoms with Crippen molar-refractivity contribution in [2.45, 2.75) is 13.8 Å². The highest BCUT2D eigenvalue weighted by atomic mass is 32.3. The molecule has 0 aromatic carbocycles. The van der Waals surface area contributed by atoms with Crippen LogP contribution in [0.2, 0.25) is 0 Å². The highest BCUT2D eigenvalue weighted by molar-refractivity contribution is 8.17. The molecule has 0 radical (unpaired) electrons. The van der Waals surface area contributed by atoms with Gasteiger partial charge in [0.15, 0.2) is 0 Å². The van der Waals surface area contributed by atoms with Crippen LogP contribution in [0.4, 0.5) is 0 Å². The Morgan fingerprint density at radius 3 is 1.48 bits per heavy atom. The van der Waals surface area contributed by atoms with E-state index in [1.165, 1.54) is 21.3 Å². The molecule has 0 spiro atoms. The molecule has 0 aliphatic rings. The minimum Gasteiger partial charge on any atom is -0.394 e. The van der Waals surface area contributed by atoms with Gasteiger partial charge in [0.1, 0.15) is 0 Å². The molecule has 4 unspecified atom stereocenters. The average Bonchev–Trinajstić information content (AvgIpc) is 2.54. The van der Waals surface area contributed by atoms with E-state index in [4.69, 9.17) is 34.5 Å². The van der Waals surface area contributed by atoms with Crippen LogP contribution < -0.4 is 0 Å². The minimum absolute atomic E-state index is 0.213. The quantitative estimate of drug-likeness (QED) is 0.171. The molecule has 0 aromatic heterocycles. The predicted octanol–water partition coefficient (Wildman–Crippen LogP) is 0.545. The molecule has 9 nitrogen and oxygen atoms in total. The van der Waals surface area contributed by atoms with Gasteiger partial charge in [0.25, 0.3) is 0 Å². The Morgan fingerprint density at radius 2 is 1.12 bits per heavy atom. The van der Waals surface area contributed by atoms with Crippen LogP contribution in [-0.4, -0.2) is 77.5 Å². The second kappa shape index (κ2) is 11.8. The minimum atomic E-state index is -3.71. The Morgan fingerprint density at radius 1 is 0.680 bits per heavy atom. The van der Waals surface area contributed by atoms with Gasteiger partial charge in [0.2, 0.25) is 0 Å². The number of rotatable bonds is 14. The van der Waals surface area contributed by atoms with Gasteiger partial charge < -0.3 is 39.6 Å². The van der Waals surface area contributed by atoms with E-state index in [1.54, 1.807) is 13.8 Å². The summed E-state index contributed by atoms with van der Waals surface area (Å²) < 4.78 is 43.8. The SMILES string of the molecule is CCO[Si](S)(OC)O[Si](S)(OC)O[Si](S)(OCC)O[Si](S)(CO)OC. The maximum absolute atomic E-state index is 9.46. The molecule has 0 saturated carbocycles. The van der Waals surface area contributed by atoms with Gasteiger partial charge in [-0.3, -0.25) is 0 Å². The summed E-state index contributed by atoms with van der Waals surface area (Å²) in [4.78, 5) is 0. The number of aliphatic hydroxyl groups excluding tert-OH is 1. The smallest absolute Gasteiger partial charge is 0.394 e. The molecule has 0 bridgehead atoms. The molecule has 0 saturated heterocycles. The van der Waals surface area contributed by atoms with Gasteiger partial charge in [-0.15, -0.1) is 48.3 Å². The van der Waals surface area contributed by atoms with Crippen LogP contribution in [0.15, 0.2) is 0 Å². The van der Waals surface area contributed by atoms with E-state index in [-0.39, 0.29) is 6.61 Å². The van der Waals surface area contributed by atoms with Gasteiger partial charge in [0.05, 0.1) is 6.23 Å². The average molecular weight is 507 g/mol. The highest BCUT2D eigenvalue weighted by Gasteiger charge is 2.58. The molecule has 0 aromatic rings. The maximum atomic E-state index is 9.46. The molecule has 0 rings (SSSR count). The zero-order valence-electron chi connectivity index (χ0n) is 14.6. The summed E-state index contributed by atoms with van der Waals surface area (Å²) in [5.74, 6) is 0. The summed E-state index contributed by atoms with van der Waals surface area (Å²) in [6.45, 7) is 4.00.